The first kappa shape index (κ1) is 23.6. The molecule has 2 aliphatic rings. The molecule has 1 fully saturated rings. The van der Waals surface area contributed by atoms with Crippen molar-refractivity contribution >= 4 is 49.2 Å². The molecule has 1 aliphatic heterocycles. The standard InChI is InChI=1S/C29H29BrN4OS/c30-22-13-11-21(12-14-22)29(35)34-18-16-33(17-19-34)27-26-23-8-4-5-9-24(23)36-28(26)32-25(31-27)15-10-20-6-2-1-3-7-20/h1-3,6-7,11-14H,4-5,8-10,15-19H2. The minimum absolute atomic E-state index is 0.103. The van der Waals surface area contributed by atoms with Crippen LogP contribution in [0.25, 0.3) is 10.2 Å². The number of amides is 1. The van der Waals surface area contributed by atoms with E-state index < -0.39 is 0 Å². The summed E-state index contributed by atoms with van der Waals surface area (Å²) in [6, 6.07) is 18.2. The number of fused-ring (bicyclic) bond motifs is 3. The van der Waals surface area contributed by atoms with Crippen molar-refractivity contribution in [3.05, 3.63) is 86.5 Å². The topological polar surface area (TPSA) is 49.3 Å². The quantitative estimate of drug-likeness (QED) is 0.297. The molecule has 2 aromatic heterocycles. The van der Waals surface area contributed by atoms with Crippen LogP contribution in [0.1, 0.15) is 45.0 Å². The second kappa shape index (κ2) is 10.3. The van der Waals surface area contributed by atoms with E-state index in [-0.39, 0.29) is 5.91 Å². The average molecular weight is 562 g/mol. The highest BCUT2D eigenvalue weighted by Gasteiger charge is 2.27. The van der Waals surface area contributed by atoms with Crippen LogP contribution in [0.3, 0.4) is 0 Å². The molecule has 0 radical (unpaired) electrons. The van der Waals surface area contributed by atoms with E-state index in [9.17, 15) is 4.79 Å². The van der Waals surface area contributed by atoms with Gasteiger partial charge in [0.25, 0.3) is 5.91 Å². The molecule has 5 nitrogen and oxygen atoms in total. The molecular formula is C29H29BrN4OS. The van der Waals surface area contributed by atoms with Crippen molar-refractivity contribution in [1.82, 2.24) is 14.9 Å². The van der Waals surface area contributed by atoms with Crippen LogP contribution < -0.4 is 4.90 Å². The lowest BCUT2D eigenvalue weighted by molar-refractivity contribution is 0.0746. The Morgan fingerprint density at radius 2 is 1.64 bits per heavy atom. The number of rotatable bonds is 5. The number of thiophene rings is 1. The van der Waals surface area contributed by atoms with Crippen molar-refractivity contribution in [2.24, 2.45) is 0 Å². The zero-order valence-electron chi connectivity index (χ0n) is 20.3. The molecule has 0 saturated carbocycles. The van der Waals surface area contributed by atoms with Gasteiger partial charge in [0.15, 0.2) is 0 Å². The fourth-order valence-corrected chi connectivity index (χ4v) is 6.86. The fraction of sp³-hybridized carbons (Fsp3) is 0.345. The second-order valence-corrected chi connectivity index (χ2v) is 11.6. The van der Waals surface area contributed by atoms with Gasteiger partial charge in [0.2, 0.25) is 0 Å². The molecule has 1 aliphatic carbocycles. The summed E-state index contributed by atoms with van der Waals surface area (Å²) < 4.78 is 0.985. The Kier molecular flexibility index (Phi) is 6.76. The number of benzene rings is 2. The summed E-state index contributed by atoms with van der Waals surface area (Å²) in [5.74, 6) is 2.11. The minimum atomic E-state index is 0.103. The summed E-state index contributed by atoms with van der Waals surface area (Å²) in [5.41, 5.74) is 3.53. The van der Waals surface area contributed by atoms with Crippen LogP contribution in [0.4, 0.5) is 5.82 Å². The number of hydrogen-bond acceptors (Lipinski definition) is 5. The summed E-state index contributed by atoms with van der Waals surface area (Å²) in [4.78, 5) is 30.3. The van der Waals surface area contributed by atoms with E-state index in [2.05, 4.69) is 51.2 Å². The predicted octanol–water partition coefficient (Wildman–Crippen LogP) is 6.08. The second-order valence-electron chi connectivity index (χ2n) is 9.63. The van der Waals surface area contributed by atoms with E-state index in [4.69, 9.17) is 9.97 Å². The van der Waals surface area contributed by atoms with Crippen LogP contribution in [0.2, 0.25) is 0 Å². The van der Waals surface area contributed by atoms with Crippen molar-refractivity contribution in [2.45, 2.75) is 38.5 Å². The van der Waals surface area contributed by atoms with Gasteiger partial charge in [-0.15, -0.1) is 11.3 Å². The Morgan fingerprint density at radius 3 is 2.42 bits per heavy atom. The van der Waals surface area contributed by atoms with Crippen LogP contribution in [0.15, 0.2) is 59.1 Å². The lowest BCUT2D eigenvalue weighted by Crippen LogP contribution is -2.49. The normalized spacial score (nSPS) is 15.8. The zero-order chi connectivity index (χ0) is 24.5. The average Bonchev–Trinajstić information content (AvgIpc) is 3.31. The molecule has 0 spiro atoms. The van der Waals surface area contributed by atoms with Gasteiger partial charge in [-0.2, -0.15) is 0 Å². The summed E-state index contributed by atoms with van der Waals surface area (Å²) in [7, 11) is 0. The number of carbonyl (C=O) groups excluding carboxylic acids is 1. The molecule has 2 aromatic carbocycles. The highest BCUT2D eigenvalue weighted by Crippen LogP contribution is 2.40. The van der Waals surface area contributed by atoms with Gasteiger partial charge in [-0.3, -0.25) is 4.79 Å². The van der Waals surface area contributed by atoms with E-state index >= 15 is 0 Å². The highest BCUT2D eigenvalue weighted by atomic mass is 79.9. The summed E-state index contributed by atoms with van der Waals surface area (Å²) in [6.45, 7) is 2.98. The van der Waals surface area contributed by atoms with Crippen LogP contribution in [-0.2, 0) is 25.7 Å². The van der Waals surface area contributed by atoms with E-state index in [0.717, 1.165) is 65.3 Å². The largest absolute Gasteiger partial charge is 0.352 e. The number of aryl methyl sites for hydroxylation is 4. The molecule has 0 atom stereocenters. The molecule has 3 heterocycles. The van der Waals surface area contributed by atoms with Crippen LogP contribution >= 0.6 is 27.3 Å². The number of anilines is 1. The Morgan fingerprint density at radius 1 is 0.889 bits per heavy atom. The third kappa shape index (κ3) is 4.78. The molecule has 0 N–H and O–H groups in total. The molecule has 0 bridgehead atoms. The number of nitrogens with zero attached hydrogens (tertiary/aromatic N) is 4. The highest BCUT2D eigenvalue weighted by molar-refractivity contribution is 9.10. The van der Waals surface area contributed by atoms with Gasteiger partial charge >= 0.3 is 0 Å². The van der Waals surface area contributed by atoms with Crippen molar-refractivity contribution in [1.29, 1.82) is 0 Å². The van der Waals surface area contributed by atoms with Crippen LogP contribution in [0.5, 0.6) is 0 Å². The number of piperazine rings is 1. The predicted molar refractivity (Wildman–Crippen MR) is 150 cm³/mol. The van der Waals surface area contributed by atoms with Crippen molar-refractivity contribution < 1.29 is 4.79 Å². The van der Waals surface area contributed by atoms with Gasteiger partial charge < -0.3 is 9.80 Å². The van der Waals surface area contributed by atoms with Crippen molar-refractivity contribution in [3.63, 3.8) is 0 Å². The van der Waals surface area contributed by atoms with Gasteiger partial charge in [-0.1, -0.05) is 46.3 Å². The molecule has 4 aromatic rings. The molecule has 6 rings (SSSR count). The van der Waals surface area contributed by atoms with Gasteiger partial charge in [0, 0.05) is 47.5 Å². The third-order valence-electron chi connectivity index (χ3n) is 7.28. The lowest BCUT2D eigenvalue weighted by atomic mass is 9.96. The number of hydrogen-bond donors (Lipinski definition) is 0. The molecule has 0 unspecified atom stereocenters. The number of halogens is 1. The first-order valence-electron chi connectivity index (χ1n) is 12.8. The fourth-order valence-electron chi connectivity index (χ4n) is 5.32. The van der Waals surface area contributed by atoms with Gasteiger partial charge in [-0.25, -0.2) is 9.97 Å². The van der Waals surface area contributed by atoms with Crippen LogP contribution in [-0.4, -0.2) is 47.0 Å². The maximum Gasteiger partial charge on any atom is 0.253 e. The smallest absolute Gasteiger partial charge is 0.253 e. The Hall–Kier alpha value is -2.77. The summed E-state index contributed by atoms with van der Waals surface area (Å²) in [6.07, 6.45) is 6.55. The van der Waals surface area contributed by atoms with Gasteiger partial charge in [0.1, 0.15) is 16.5 Å². The van der Waals surface area contributed by atoms with Crippen LogP contribution in [0, 0.1) is 0 Å². The molecule has 7 heteroatoms. The Bertz CT molecular complexity index is 1380. The summed E-state index contributed by atoms with van der Waals surface area (Å²) in [5, 5.41) is 1.27. The van der Waals surface area contributed by atoms with Gasteiger partial charge in [-0.05, 0) is 67.5 Å². The van der Waals surface area contributed by atoms with E-state index in [1.54, 1.807) is 0 Å². The first-order valence-corrected chi connectivity index (χ1v) is 14.4. The molecule has 36 heavy (non-hydrogen) atoms. The molecule has 1 amide bonds. The number of carbonyl (C=O) groups is 1. The monoisotopic (exact) mass is 560 g/mol. The van der Waals surface area contributed by atoms with E-state index in [0.29, 0.717) is 13.1 Å². The Balaban J connectivity index is 1.26. The zero-order valence-corrected chi connectivity index (χ0v) is 22.7. The third-order valence-corrected chi connectivity index (χ3v) is 8.99. The van der Waals surface area contributed by atoms with Gasteiger partial charge in [0.05, 0.1) is 5.39 Å². The lowest BCUT2D eigenvalue weighted by Gasteiger charge is -2.36. The van der Waals surface area contributed by atoms with Crippen molar-refractivity contribution in [3.8, 4) is 0 Å². The SMILES string of the molecule is O=C(c1ccc(Br)cc1)N1CCN(c2nc(CCc3ccccc3)nc3sc4c(c23)CCCC4)CC1. The molecular weight excluding hydrogens is 532 g/mol. The van der Waals surface area contributed by atoms with E-state index in [1.807, 2.05) is 40.5 Å². The van der Waals surface area contributed by atoms with E-state index in [1.165, 1.54) is 34.2 Å². The first-order chi connectivity index (χ1) is 17.7. The minimum Gasteiger partial charge on any atom is -0.352 e. The Labute approximate surface area is 224 Å². The maximum absolute atomic E-state index is 13.1. The molecule has 184 valence electrons. The number of aromatic nitrogens is 2. The van der Waals surface area contributed by atoms with Crippen molar-refractivity contribution in [2.75, 3.05) is 31.1 Å². The summed E-state index contributed by atoms with van der Waals surface area (Å²) >= 11 is 5.33. The molecule has 1 saturated heterocycles. The maximum atomic E-state index is 13.1.